The van der Waals surface area contributed by atoms with Gasteiger partial charge in [-0.1, -0.05) is 29.8 Å². The Morgan fingerprint density at radius 1 is 1.08 bits per heavy atom. The summed E-state index contributed by atoms with van der Waals surface area (Å²) in [5.41, 5.74) is 1.41. The van der Waals surface area contributed by atoms with Gasteiger partial charge in [0.2, 0.25) is 10.0 Å². The molecule has 0 unspecified atom stereocenters. The smallest absolute Gasteiger partial charge is 0.253 e. The van der Waals surface area contributed by atoms with Crippen LogP contribution in [0, 0.1) is 0 Å². The average molecular weight is 393 g/mol. The molecule has 1 N–H and O–H groups in total. The molecule has 26 heavy (non-hydrogen) atoms. The van der Waals surface area contributed by atoms with Crippen LogP contribution < -0.4 is 4.72 Å². The van der Waals surface area contributed by atoms with Crippen LogP contribution in [0.25, 0.3) is 0 Å². The number of nitrogens with one attached hydrogen (secondary N) is 1. The number of carbonyl (C=O) groups is 1. The fourth-order valence-electron chi connectivity index (χ4n) is 2.96. The Kier molecular flexibility index (Phi) is 5.96. The van der Waals surface area contributed by atoms with E-state index in [0.29, 0.717) is 17.0 Å². The number of carbonyl (C=O) groups excluding carboxylic acids is 1. The average Bonchev–Trinajstić information content (AvgIpc) is 3.17. The predicted octanol–water partition coefficient (Wildman–Crippen LogP) is 3.10. The van der Waals surface area contributed by atoms with Crippen molar-refractivity contribution in [1.82, 2.24) is 9.62 Å². The second kappa shape index (κ2) is 8.20. The van der Waals surface area contributed by atoms with Gasteiger partial charge in [0.15, 0.2) is 0 Å². The van der Waals surface area contributed by atoms with E-state index >= 15 is 0 Å². The number of sulfonamides is 1. The van der Waals surface area contributed by atoms with Gasteiger partial charge in [-0.3, -0.25) is 4.79 Å². The number of hydrogen-bond acceptors (Lipinski definition) is 3. The maximum Gasteiger partial charge on any atom is 0.253 e. The minimum Gasteiger partial charge on any atom is -0.339 e. The molecule has 1 aliphatic heterocycles. The van der Waals surface area contributed by atoms with Gasteiger partial charge < -0.3 is 4.90 Å². The van der Waals surface area contributed by atoms with Crippen LogP contribution >= 0.6 is 11.6 Å². The zero-order valence-electron chi connectivity index (χ0n) is 14.3. The molecule has 1 saturated heterocycles. The molecule has 0 bridgehead atoms. The Morgan fingerprint density at radius 2 is 1.77 bits per heavy atom. The third kappa shape index (κ3) is 4.63. The molecule has 1 aliphatic rings. The van der Waals surface area contributed by atoms with Crippen LogP contribution in [-0.2, 0) is 16.4 Å². The summed E-state index contributed by atoms with van der Waals surface area (Å²) in [4.78, 5) is 14.3. The normalized spacial score (nSPS) is 14.6. The Balaban J connectivity index is 1.65. The maximum absolute atomic E-state index is 12.5. The molecule has 1 heterocycles. The Bertz CT molecular complexity index is 876. The number of likely N-dealkylation sites (tertiary alicyclic amines) is 1. The second-order valence-electron chi connectivity index (χ2n) is 6.30. The first-order valence-corrected chi connectivity index (χ1v) is 10.5. The maximum atomic E-state index is 12.5. The van der Waals surface area contributed by atoms with E-state index in [1.807, 2.05) is 12.1 Å². The zero-order valence-corrected chi connectivity index (χ0v) is 15.9. The summed E-state index contributed by atoms with van der Waals surface area (Å²) >= 11 is 5.84. The van der Waals surface area contributed by atoms with Crippen LogP contribution in [0.5, 0.6) is 0 Å². The fraction of sp³-hybridized carbons (Fsp3) is 0.316. The molecule has 5 nitrogen and oxygen atoms in total. The van der Waals surface area contributed by atoms with Gasteiger partial charge in [0.1, 0.15) is 0 Å². The molecule has 1 amide bonds. The van der Waals surface area contributed by atoms with Crippen molar-refractivity contribution in [1.29, 1.82) is 0 Å². The number of hydrogen-bond donors (Lipinski definition) is 1. The summed E-state index contributed by atoms with van der Waals surface area (Å²) in [5.74, 6) is -0.110. The van der Waals surface area contributed by atoms with E-state index in [1.165, 1.54) is 12.1 Å². The minimum absolute atomic E-state index is 0.110. The summed E-state index contributed by atoms with van der Waals surface area (Å²) < 4.78 is 27.6. The zero-order chi connectivity index (χ0) is 18.6. The van der Waals surface area contributed by atoms with Crippen molar-refractivity contribution in [3.8, 4) is 0 Å². The van der Waals surface area contributed by atoms with E-state index < -0.39 is 10.0 Å². The third-order valence-electron chi connectivity index (χ3n) is 4.40. The standard InChI is InChI=1S/C19H21ClN2O3S/c20-17-8-6-15(7-9-17)10-11-21-26(24,25)18-5-3-4-16(14-18)19(23)22-12-1-2-13-22/h3-9,14,21H,1-2,10-13H2. The molecule has 0 aromatic heterocycles. The first-order chi connectivity index (χ1) is 12.5. The molecule has 0 spiro atoms. The van der Waals surface area contributed by atoms with Crippen LogP contribution in [0.15, 0.2) is 53.4 Å². The van der Waals surface area contributed by atoms with Gasteiger partial charge in [0, 0.05) is 30.2 Å². The number of benzene rings is 2. The van der Waals surface area contributed by atoms with Crippen molar-refractivity contribution in [3.63, 3.8) is 0 Å². The lowest BCUT2D eigenvalue weighted by atomic mass is 10.2. The molecule has 0 saturated carbocycles. The van der Waals surface area contributed by atoms with Crippen molar-refractivity contribution < 1.29 is 13.2 Å². The summed E-state index contributed by atoms with van der Waals surface area (Å²) in [6, 6.07) is 13.5. The lowest BCUT2D eigenvalue weighted by Gasteiger charge is -2.15. The molecule has 7 heteroatoms. The van der Waals surface area contributed by atoms with Crippen LogP contribution in [-0.4, -0.2) is 38.9 Å². The molecule has 3 rings (SSSR count). The van der Waals surface area contributed by atoms with Gasteiger partial charge in [0.05, 0.1) is 4.90 Å². The molecular formula is C19H21ClN2O3S. The largest absolute Gasteiger partial charge is 0.339 e. The van der Waals surface area contributed by atoms with E-state index in [4.69, 9.17) is 11.6 Å². The van der Waals surface area contributed by atoms with Gasteiger partial charge >= 0.3 is 0 Å². The van der Waals surface area contributed by atoms with Crippen LogP contribution in [0.2, 0.25) is 5.02 Å². The molecule has 2 aromatic rings. The Morgan fingerprint density at radius 3 is 2.46 bits per heavy atom. The quantitative estimate of drug-likeness (QED) is 0.821. The van der Waals surface area contributed by atoms with Crippen molar-refractivity contribution in [3.05, 3.63) is 64.7 Å². The summed E-state index contributed by atoms with van der Waals surface area (Å²) in [6.07, 6.45) is 2.55. The number of nitrogens with zero attached hydrogens (tertiary/aromatic N) is 1. The van der Waals surface area contributed by atoms with Gasteiger partial charge in [-0.15, -0.1) is 0 Å². The molecular weight excluding hydrogens is 372 g/mol. The highest BCUT2D eigenvalue weighted by Crippen LogP contribution is 2.17. The Hall–Kier alpha value is -1.89. The topological polar surface area (TPSA) is 66.5 Å². The molecule has 0 radical (unpaired) electrons. The lowest BCUT2D eigenvalue weighted by molar-refractivity contribution is 0.0792. The van der Waals surface area contributed by atoms with Crippen molar-refractivity contribution in [2.75, 3.05) is 19.6 Å². The van der Waals surface area contributed by atoms with Gasteiger partial charge in [0.25, 0.3) is 5.91 Å². The van der Waals surface area contributed by atoms with E-state index in [9.17, 15) is 13.2 Å². The summed E-state index contributed by atoms with van der Waals surface area (Å²) in [7, 11) is -3.66. The Labute approximate surface area is 159 Å². The number of halogens is 1. The van der Waals surface area contributed by atoms with Gasteiger partial charge in [-0.2, -0.15) is 0 Å². The van der Waals surface area contributed by atoms with E-state index in [2.05, 4.69) is 4.72 Å². The van der Waals surface area contributed by atoms with E-state index in [0.717, 1.165) is 31.5 Å². The number of amides is 1. The highest BCUT2D eigenvalue weighted by atomic mass is 35.5. The van der Waals surface area contributed by atoms with Crippen molar-refractivity contribution in [2.24, 2.45) is 0 Å². The van der Waals surface area contributed by atoms with Crippen LogP contribution in [0.1, 0.15) is 28.8 Å². The molecule has 1 fully saturated rings. The molecule has 2 aromatic carbocycles. The fourth-order valence-corrected chi connectivity index (χ4v) is 4.17. The van der Waals surface area contributed by atoms with Crippen molar-refractivity contribution in [2.45, 2.75) is 24.2 Å². The van der Waals surface area contributed by atoms with Crippen LogP contribution in [0.4, 0.5) is 0 Å². The van der Waals surface area contributed by atoms with Gasteiger partial charge in [-0.05, 0) is 55.2 Å². The predicted molar refractivity (Wildman–Crippen MR) is 102 cm³/mol. The monoisotopic (exact) mass is 392 g/mol. The third-order valence-corrected chi connectivity index (χ3v) is 6.11. The SMILES string of the molecule is O=C(c1cccc(S(=O)(=O)NCCc2ccc(Cl)cc2)c1)N1CCCC1. The first-order valence-electron chi connectivity index (χ1n) is 8.59. The highest BCUT2D eigenvalue weighted by Gasteiger charge is 2.21. The number of rotatable bonds is 6. The molecule has 0 atom stereocenters. The van der Waals surface area contributed by atoms with Gasteiger partial charge in [-0.25, -0.2) is 13.1 Å². The van der Waals surface area contributed by atoms with Crippen LogP contribution in [0.3, 0.4) is 0 Å². The molecule has 138 valence electrons. The highest BCUT2D eigenvalue weighted by molar-refractivity contribution is 7.89. The van der Waals surface area contributed by atoms with E-state index in [-0.39, 0.29) is 17.3 Å². The summed E-state index contributed by atoms with van der Waals surface area (Å²) in [5, 5.41) is 0.647. The second-order valence-corrected chi connectivity index (χ2v) is 8.50. The summed E-state index contributed by atoms with van der Waals surface area (Å²) in [6.45, 7) is 1.73. The van der Waals surface area contributed by atoms with E-state index in [1.54, 1.807) is 29.2 Å². The molecule has 0 aliphatic carbocycles. The first kappa shape index (κ1) is 18.9. The van der Waals surface area contributed by atoms with Crippen molar-refractivity contribution >= 4 is 27.5 Å². The lowest BCUT2D eigenvalue weighted by Crippen LogP contribution is -2.29. The minimum atomic E-state index is -3.66.